The van der Waals surface area contributed by atoms with Crippen molar-refractivity contribution in [3.63, 3.8) is 0 Å². The van der Waals surface area contributed by atoms with Gasteiger partial charge in [0.25, 0.3) is 0 Å². The van der Waals surface area contributed by atoms with E-state index in [2.05, 4.69) is 34.6 Å². The Morgan fingerprint density at radius 3 is 2.74 bits per heavy atom. The van der Waals surface area contributed by atoms with E-state index in [9.17, 15) is 0 Å². The van der Waals surface area contributed by atoms with Crippen LogP contribution < -0.4 is 0 Å². The highest BCUT2D eigenvalue weighted by molar-refractivity contribution is 7.71. The van der Waals surface area contributed by atoms with Crippen LogP contribution in [0.25, 0.3) is 11.0 Å². The minimum Gasteiger partial charge on any atom is -0.329 e. The number of para-hydroxylation sites is 1. The predicted molar refractivity (Wildman–Crippen MR) is 82.4 cm³/mol. The van der Waals surface area contributed by atoms with Crippen molar-refractivity contribution in [2.24, 2.45) is 0 Å². The number of rotatable bonds is 3. The van der Waals surface area contributed by atoms with Crippen molar-refractivity contribution < 1.29 is 0 Å². The number of halogens is 1. The van der Waals surface area contributed by atoms with Gasteiger partial charge in [0, 0.05) is 12.1 Å². The molecule has 1 aliphatic rings. The van der Waals surface area contributed by atoms with E-state index >= 15 is 0 Å². The minimum atomic E-state index is 0.246. The van der Waals surface area contributed by atoms with Crippen LogP contribution in [-0.4, -0.2) is 34.1 Å². The quantitative estimate of drug-likeness (QED) is 0.870. The van der Waals surface area contributed by atoms with Gasteiger partial charge < -0.3 is 14.5 Å². The lowest BCUT2D eigenvalue weighted by Gasteiger charge is -2.47. The van der Waals surface area contributed by atoms with Gasteiger partial charge in [0.1, 0.15) is 0 Å². The molecule has 1 N–H and O–H groups in total. The Morgan fingerprint density at radius 2 is 2.16 bits per heavy atom. The van der Waals surface area contributed by atoms with Crippen LogP contribution in [0.5, 0.6) is 0 Å². The maximum Gasteiger partial charge on any atom is 0.178 e. The normalized spacial score (nSPS) is 17.9. The van der Waals surface area contributed by atoms with E-state index in [0.29, 0.717) is 0 Å². The standard InChI is InChI=1S/C14H18ClN3S/c1-17(2)14(7-4-8-14)9-18-11-6-3-5-10(15)12(11)16-13(18)19/h3,5-6H,4,7-9H2,1-2H3,(H,16,19). The summed E-state index contributed by atoms with van der Waals surface area (Å²) in [7, 11) is 4.31. The number of nitrogens with zero attached hydrogens (tertiary/aromatic N) is 2. The van der Waals surface area contributed by atoms with Crippen LogP contribution in [-0.2, 0) is 6.54 Å². The molecule has 1 fully saturated rings. The first kappa shape index (κ1) is 13.2. The molecule has 1 saturated carbocycles. The van der Waals surface area contributed by atoms with Crippen LogP contribution in [0.3, 0.4) is 0 Å². The van der Waals surface area contributed by atoms with Crippen LogP contribution in [0.1, 0.15) is 19.3 Å². The fraction of sp³-hybridized carbons (Fsp3) is 0.500. The van der Waals surface area contributed by atoms with Gasteiger partial charge in [-0.3, -0.25) is 0 Å². The molecule has 0 saturated heterocycles. The van der Waals surface area contributed by atoms with E-state index < -0.39 is 0 Å². The van der Waals surface area contributed by atoms with Crippen LogP contribution in [0, 0.1) is 4.77 Å². The van der Waals surface area contributed by atoms with Crippen LogP contribution >= 0.6 is 23.8 Å². The second-order valence-corrected chi connectivity index (χ2v) is 6.42. The Bertz CT molecular complexity index is 667. The van der Waals surface area contributed by atoms with Gasteiger partial charge in [-0.2, -0.15) is 0 Å². The van der Waals surface area contributed by atoms with Gasteiger partial charge in [0.15, 0.2) is 4.77 Å². The van der Waals surface area contributed by atoms with Crippen molar-refractivity contribution in [3.05, 3.63) is 28.0 Å². The lowest BCUT2D eigenvalue weighted by atomic mass is 9.75. The zero-order valence-corrected chi connectivity index (χ0v) is 12.8. The molecule has 1 aliphatic carbocycles. The van der Waals surface area contributed by atoms with Gasteiger partial charge in [-0.1, -0.05) is 17.7 Å². The lowest BCUT2D eigenvalue weighted by molar-refractivity contribution is 0.0431. The summed E-state index contributed by atoms with van der Waals surface area (Å²) in [5.74, 6) is 0. The molecule has 0 radical (unpaired) electrons. The summed E-state index contributed by atoms with van der Waals surface area (Å²) in [6.45, 7) is 0.930. The molecule has 0 spiro atoms. The largest absolute Gasteiger partial charge is 0.329 e. The summed E-state index contributed by atoms with van der Waals surface area (Å²) < 4.78 is 2.95. The lowest BCUT2D eigenvalue weighted by Crippen LogP contribution is -2.53. The van der Waals surface area contributed by atoms with E-state index in [-0.39, 0.29) is 5.54 Å². The molecule has 0 aliphatic heterocycles. The molecule has 1 aromatic heterocycles. The Kier molecular flexibility index (Phi) is 3.20. The van der Waals surface area contributed by atoms with Gasteiger partial charge >= 0.3 is 0 Å². The van der Waals surface area contributed by atoms with E-state index in [0.717, 1.165) is 27.4 Å². The highest BCUT2D eigenvalue weighted by atomic mass is 35.5. The number of hydrogen-bond donors (Lipinski definition) is 1. The average molecular weight is 296 g/mol. The van der Waals surface area contributed by atoms with Crippen molar-refractivity contribution in [2.75, 3.05) is 14.1 Å². The number of hydrogen-bond acceptors (Lipinski definition) is 2. The molecule has 0 atom stereocenters. The van der Waals surface area contributed by atoms with Crippen molar-refractivity contribution in [3.8, 4) is 0 Å². The van der Waals surface area contributed by atoms with Crippen molar-refractivity contribution in [1.29, 1.82) is 0 Å². The topological polar surface area (TPSA) is 24.0 Å². The van der Waals surface area contributed by atoms with Gasteiger partial charge in [-0.05, 0) is 57.7 Å². The molecule has 3 nitrogen and oxygen atoms in total. The number of imidazole rings is 1. The van der Waals surface area contributed by atoms with Crippen molar-refractivity contribution in [1.82, 2.24) is 14.5 Å². The summed E-state index contributed by atoms with van der Waals surface area (Å²) in [5.41, 5.74) is 2.29. The van der Waals surface area contributed by atoms with Crippen LogP contribution in [0.2, 0.25) is 5.02 Å². The smallest absolute Gasteiger partial charge is 0.178 e. The van der Waals surface area contributed by atoms with E-state index in [1.54, 1.807) is 0 Å². The van der Waals surface area contributed by atoms with Crippen LogP contribution in [0.4, 0.5) is 0 Å². The minimum absolute atomic E-state index is 0.246. The molecule has 102 valence electrons. The maximum absolute atomic E-state index is 6.22. The molecule has 3 rings (SSSR count). The molecule has 2 aromatic rings. The molecular weight excluding hydrogens is 278 g/mol. The first-order chi connectivity index (χ1) is 9.03. The fourth-order valence-corrected chi connectivity index (χ4v) is 3.41. The third-order valence-corrected chi connectivity index (χ3v) is 5.08. The van der Waals surface area contributed by atoms with Gasteiger partial charge in [-0.25, -0.2) is 0 Å². The summed E-state index contributed by atoms with van der Waals surface area (Å²) in [6.07, 6.45) is 3.76. The number of fused-ring (bicyclic) bond motifs is 1. The number of likely N-dealkylation sites (N-methyl/N-ethyl adjacent to an activating group) is 1. The Hall–Kier alpha value is -0.840. The highest BCUT2D eigenvalue weighted by Crippen LogP contribution is 2.38. The first-order valence-corrected chi connectivity index (χ1v) is 7.37. The zero-order chi connectivity index (χ0) is 13.6. The maximum atomic E-state index is 6.22. The zero-order valence-electron chi connectivity index (χ0n) is 11.2. The molecule has 19 heavy (non-hydrogen) atoms. The van der Waals surface area contributed by atoms with Gasteiger partial charge in [0.2, 0.25) is 0 Å². The van der Waals surface area contributed by atoms with Crippen molar-refractivity contribution in [2.45, 2.75) is 31.3 Å². The third kappa shape index (κ3) is 2.02. The average Bonchev–Trinajstić information content (AvgIpc) is 2.61. The van der Waals surface area contributed by atoms with Crippen molar-refractivity contribution >= 4 is 34.9 Å². The SMILES string of the molecule is CN(C)C1(Cn2c(=S)[nH]c3c(Cl)cccc32)CCC1. The molecule has 1 aromatic carbocycles. The summed E-state index contributed by atoms with van der Waals surface area (Å²) in [5, 5.41) is 0.731. The molecule has 0 bridgehead atoms. The van der Waals surface area contributed by atoms with E-state index in [4.69, 9.17) is 23.8 Å². The van der Waals surface area contributed by atoms with Gasteiger partial charge in [-0.15, -0.1) is 0 Å². The van der Waals surface area contributed by atoms with E-state index in [1.165, 1.54) is 19.3 Å². The second kappa shape index (κ2) is 4.62. The molecule has 1 heterocycles. The Morgan fingerprint density at radius 1 is 1.42 bits per heavy atom. The number of aromatic amines is 1. The summed E-state index contributed by atoms with van der Waals surface area (Å²) in [6, 6.07) is 5.95. The first-order valence-electron chi connectivity index (χ1n) is 6.58. The monoisotopic (exact) mass is 295 g/mol. The molecule has 0 unspecified atom stereocenters. The highest BCUT2D eigenvalue weighted by Gasteiger charge is 2.39. The summed E-state index contributed by atoms with van der Waals surface area (Å²) in [4.78, 5) is 5.57. The molecule has 5 heteroatoms. The second-order valence-electron chi connectivity index (χ2n) is 5.62. The summed E-state index contributed by atoms with van der Waals surface area (Å²) >= 11 is 11.7. The third-order valence-electron chi connectivity index (χ3n) is 4.44. The van der Waals surface area contributed by atoms with E-state index in [1.807, 2.05) is 12.1 Å². The van der Waals surface area contributed by atoms with Gasteiger partial charge in [0.05, 0.1) is 16.1 Å². The Labute approximate surface area is 123 Å². The fourth-order valence-electron chi connectivity index (χ4n) is 2.93. The number of H-pyrrole nitrogens is 1. The van der Waals surface area contributed by atoms with Crippen LogP contribution in [0.15, 0.2) is 18.2 Å². The Balaban J connectivity index is 2.08. The molecular formula is C14H18ClN3S. The number of aromatic nitrogens is 2. The predicted octanol–water partition coefficient (Wildman–Crippen LogP) is 3.84. The molecule has 0 amide bonds. The number of nitrogens with one attached hydrogen (secondary N) is 1. The number of benzene rings is 1.